The van der Waals surface area contributed by atoms with Crippen molar-refractivity contribution in [3.63, 3.8) is 0 Å². The molecule has 1 saturated carbocycles. The van der Waals surface area contributed by atoms with Crippen molar-refractivity contribution < 1.29 is 5.11 Å². The first-order chi connectivity index (χ1) is 6.01. The first-order valence-electron chi connectivity index (χ1n) is 5.00. The Labute approximate surface area is 85.5 Å². The van der Waals surface area contributed by atoms with E-state index in [0.29, 0.717) is 12.6 Å². The molecular formula is C10H21NOS. The van der Waals surface area contributed by atoms with Crippen LogP contribution < -0.4 is 5.32 Å². The Morgan fingerprint density at radius 3 is 2.62 bits per heavy atom. The fraction of sp³-hybridized carbons (Fsp3) is 1.00. The van der Waals surface area contributed by atoms with Crippen molar-refractivity contribution in [3.05, 3.63) is 0 Å². The second-order valence-electron chi connectivity index (χ2n) is 4.56. The summed E-state index contributed by atoms with van der Waals surface area (Å²) in [5.74, 6) is 0. The van der Waals surface area contributed by atoms with E-state index >= 15 is 0 Å². The van der Waals surface area contributed by atoms with Crippen LogP contribution in [0.15, 0.2) is 0 Å². The molecule has 0 aromatic heterocycles. The van der Waals surface area contributed by atoms with E-state index in [2.05, 4.69) is 11.6 Å². The van der Waals surface area contributed by atoms with Gasteiger partial charge < -0.3 is 10.4 Å². The fourth-order valence-electron chi connectivity index (χ4n) is 1.73. The quantitative estimate of drug-likeness (QED) is 0.728. The molecule has 1 aliphatic carbocycles. The Kier molecular flexibility index (Phi) is 4.07. The second kappa shape index (κ2) is 4.67. The normalized spacial score (nSPS) is 29.5. The monoisotopic (exact) mass is 203 g/mol. The third-order valence-electron chi connectivity index (χ3n) is 2.54. The molecule has 1 fully saturated rings. The highest BCUT2D eigenvalue weighted by atomic mass is 32.2. The number of aliphatic hydroxyl groups is 1. The smallest absolute Gasteiger partial charge is 0.0715 e. The van der Waals surface area contributed by atoms with Crippen molar-refractivity contribution in [3.8, 4) is 0 Å². The Morgan fingerprint density at radius 2 is 2.15 bits per heavy atom. The van der Waals surface area contributed by atoms with Crippen LogP contribution in [0.4, 0.5) is 0 Å². The highest BCUT2D eigenvalue weighted by Crippen LogP contribution is 2.28. The summed E-state index contributed by atoms with van der Waals surface area (Å²) < 4.78 is 0. The minimum Gasteiger partial charge on any atom is -0.389 e. The van der Waals surface area contributed by atoms with Gasteiger partial charge in [-0.25, -0.2) is 0 Å². The first-order valence-corrected chi connectivity index (χ1v) is 6.28. The van der Waals surface area contributed by atoms with Crippen LogP contribution in [0.3, 0.4) is 0 Å². The van der Waals surface area contributed by atoms with Crippen LogP contribution in [0.1, 0.15) is 33.1 Å². The van der Waals surface area contributed by atoms with Gasteiger partial charge in [0, 0.05) is 17.8 Å². The number of hydrogen-bond acceptors (Lipinski definition) is 3. The van der Waals surface area contributed by atoms with Gasteiger partial charge in [-0.05, 0) is 39.4 Å². The standard InChI is InChI=1S/C10H21NOS/c1-10(2,12)7-11-8-4-5-9(6-8)13-3/h8-9,11-12H,4-7H2,1-3H3. The van der Waals surface area contributed by atoms with Gasteiger partial charge in [-0.2, -0.15) is 11.8 Å². The molecule has 0 radical (unpaired) electrons. The summed E-state index contributed by atoms with van der Waals surface area (Å²) in [5.41, 5.74) is -0.572. The lowest BCUT2D eigenvalue weighted by atomic mass is 10.1. The number of hydrogen-bond donors (Lipinski definition) is 2. The van der Waals surface area contributed by atoms with Crippen molar-refractivity contribution in [2.45, 2.75) is 50.0 Å². The van der Waals surface area contributed by atoms with E-state index in [1.807, 2.05) is 25.6 Å². The fourth-order valence-corrected chi connectivity index (χ4v) is 2.53. The molecule has 0 aromatic rings. The van der Waals surface area contributed by atoms with Crippen LogP contribution in [0.5, 0.6) is 0 Å². The van der Waals surface area contributed by atoms with Crippen LogP contribution >= 0.6 is 11.8 Å². The zero-order chi connectivity index (χ0) is 9.90. The molecule has 2 nitrogen and oxygen atoms in total. The molecule has 2 atom stereocenters. The number of nitrogens with one attached hydrogen (secondary N) is 1. The highest BCUT2D eigenvalue weighted by molar-refractivity contribution is 7.99. The third-order valence-corrected chi connectivity index (χ3v) is 3.64. The average Bonchev–Trinajstić information content (AvgIpc) is 2.47. The number of rotatable bonds is 4. The highest BCUT2D eigenvalue weighted by Gasteiger charge is 2.24. The lowest BCUT2D eigenvalue weighted by Crippen LogP contribution is -2.39. The van der Waals surface area contributed by atoms with Gasteiger partial charge in [0.2, 0.25) is 0 Å². The maximum Gasteiger partial charge on any atom is 0.0715 e. The van der Waals surface area contributed by atoms with E-state index < -0.39 is 5.60 Å². The average molecular weight is 203 g/mol. The molecular weight excluding hydrogens is 182 g/mol. The minimum atomic E-state index is -0.572. The lowest BCUT2D eigenvalue weighted by molar-refractivity contribution is 0.0766. The van der Waals surface area contributed by atoms with E-state index in [1.165, 1.54) is 19.3 Å². The second-order valence-corrected chi connectivity index (χ2v) is 5.70. The van der Waals surface area contributed by atoms with E-state index in [0.717, 1.165) is 5.25 Å². The Morgan fingerprint density at radius 1 is 1.46 bits per heavy atom. The van der Waals surface area contributed by atoms with Gasteiger partial charge in [0.15, 0.2) is 0 Å². The third kappa shape index (κ3) is 4.34. The molecule has 0 amide bonds. The molecule has 78 valence electrons. The summed E-state index contributed by atoms with van der Waals surface area (Å²) in [7, 11) is 0. The Hall–Kier alpha value is 0.270. The summed E-state index contributed by atoms with van der Waals surface area (Å²) in [6, 6.07) is 0.629. The van der Waals surface area contributed by atoms with Gasteiger partial charge >= 0.3 is 0 Å². The first kappa shape index (κ1) is 11.3. The van der Waals surface area contributed by atoms with E-state index in [1.54, 1.807) is 0 Å². The molecule has 13 heavy (non-hydrogen) atoms. The SMILES string of the molecule is CSC1CCC(NCC(C)(C)O)C1. The molecule has 1 rings (SSSR count). The molecule has 0 bridgehead atoms. The van der Waals surface area contributed by atoms with Crippen molar-refractivity contribution in [2.24, 2.45) is 0 Å². The lowest BCUT2D eigenvalue weighted by Gasteiger charge is -2.21. The minimum absolute atomic E-state index is 0.572. The van der Waals surface area contributed by atoms with Gasteiger partial charge in [0.05, 0.1) is 5.60 Å². The van der Waals surface area contributed by atoms with Gasteiger partial charge in [-0.15, -0.1) is 0 Å². The maximum atomic E-state index is 9.53. The van der Waals surface area contributed by atoms with E-state index in [9.17, 15) is 5.11 Å². The predicted octanol–water partition coefficient (Wildman–Crippen LogP) is 1.63. The molecule has 0 spiro atoms. The van der Waals surface area contributed by atoms with Crippen molar-refractivity contribution >= 4 is 11.8 Å². The molecule has 0 heterocycles. The molecule has 0 aliphatic heterocycles. The van der Waals surface area contributed by atoms with Gasteiger partial charge in [0.1, 0.15) is 0 Å². The summed E-state index contributed by atoms with van der Waals surface area (Å²) in [4.78, 5) is 0. The van der Waals surface area contributed by atoms with E-state index in [-0.39, 0.29) is 0 Å². The maximum absolute atomic E-state index is 9.53. The van der Waals surface area contributed by atoms with E-state index in [4.69, 9.17) is 0 Å². The molecule has 1 aliphatic rings. The van der Waals surface area contributed by atoms with Crippen LogP contribution in [0.2, 0.25) is 0 Å². The zero-order valence-electron chi connectivity index (χ0n) is 8.84. The van der Waals surface area contributed by atoms with Crippen molar-refractivity contribution in [1.29, 1.82) is 0 Å². The van der Waals surface area contributed by atoms with Crippen LogP contribution in [-0.4, -0.2) is 34.8 Å². The molecule has 2 unspecified atom stereocenters. The Balaban J connectivity index is 2.17. The van der Waals surface area contributed by atoms with Crippen molar-refractivity contribution in [1.82, 2.24) is 5.32 Å². The van der Waals surface area contributed by atoms with Crippen molar-refractivity contribution in [2.75, 3.05) is 12.8 Å². The van der Waals surface area contributed by atoms with Gasteiger partial charge in [0.25, 0.3) is 0 Å². The van der Waals surface area contributed by atoms with Crippen LogP contribution in [0, 0.1) is 0 Å². The summed E-state index contributed by atoms with van der Waals surface area (Å²) in [6.07, 6.45) is 6.03. The topological polar surface area (TPSA) is 32.3 Å². The summed E-state index contributed by atoms with van der Waals surface area (Å²) in [6.45, 7) is 4.40. The van der Waals surface area contributed by atoms with Gasteiger partial charge in [-0.3, -0.25) is 0 Å². The van der Waals surface area contributed by atoms with Crippen LogP contribution in [0.25, 0.3) is 0 Å². The molecule has 0 aromatic carbocycles. The summed E-state index contributed by atoms with van der Waals surface area (Å²) >= 11 is 1.97. The molecule has 3 heteroatoms. The summed E-state index contributed by atoms with van der Waals surface area (Å²) in [5, 5.41) is 13.8. The molecule has 2 N–H and O–H groups in total. The largest absolute Gasteiger partial charge is 0.389 e. The number of thioether (sulfide) groups is 1. The predicted molar refractivity (Wildman–Crippen MR) is 59.2 cm³/mol. The Bertz CT molecular complexity index is 155. The zero-order valence-corrected chi connectivity index (χ0v) is 9.66. The van der Waals surface area contributed by atoms with Gasteiger partial charge in [-0.1, -0.05) is 0 Å². The van der Waals surface area contributed by atoms with Crippen LogP contribution in [-0.2, 0) is 0 Å². The molecule has 0 saturated heterocycles.